The van der Waals surface area contributed by atoms with Gasteiger partial charge in [-0.05, 0) is 24.6 Å². The number of hydrogen-bond acceptors (Lipinski definition) is 3. The largest absolute Gasteiger partial charge is 0.270 e. The summed E-state index contributed by atoms with van der Waals surface area (Å²) in [5.41, 5.74) is 2.79. The Morgan fingerprint density at radius 3 is 2.50 bits per heavy atom. The molecule has 1 aromatic rings. The van der Waals surface area contributed by atoms with Crippen LogP contribution < -0.4 is 11.3 Å². The minimum atomic E-state index is -0.728. The molecule has 0 fully saturated rings. The molecule has 0 aliphatic rings. The van der Waals surface area contributed by atoms with Crippen molar-refractivity contribution in [3.63, 3.8) is 0 Å². The summed E-state index contributed by atoms with van der Waals surface area (Å²) < 4.78 is 0. The second-order valence-corrected chi connectivity index (χ2v) is 3.83. The molecule has 0 spiro atoms. The number of nitriles is 1. The third kappa shape index (κ3) is 2.71. The van der Waals surface area contributed by atoms with Crippen LogP contribution in [-0.2, 0) is 6.42 Å². The fraction of sp³-hybridized carbons (Fsp3) is 0.300. The van der Waals surface area contributed by atoms with Crippen molar-refractivity contribution in [2.24, 2.45) is 5.84 Å². The molecule has 0 heterocycles. The van der Waals surface area contributed by atoms with Crippen LogP contribution in [0, 0.1) is 11.3 Å². The molecule has 0 aromatic heterocycles. The van der Waals surface area contributed by atoms with Gasteiger partial charge in [-0.1, -0.05) is 23.7 Å². The minimum absolute atomic E-state index is 0.553. The highest BCUT2D eigenvalue weighted by Gasteiger charge is 2.21. The second kappa shape index (κ2) is 4.43. The molecule has 1 rings (SSSR count). The van der Waals surface area contributed by atoms with Gasteiger partial charge in [0.15, 0.2) is 0 Å². The molecule has 4 heteroatoms. The standard InChI is InChI=1S/C10H12ClN3/c1-10(7-12,14-13)6-8-2-4-9(11)5-3-8/h2-5,14H,6,13H2,1H3. The van der Waals surface area contributed by atoms with Crippen LogP contribution in [-0.4, -0.2) is 5.54 Å². The van der Waals surface area contributed by atoms with E-state index in [4.69, 9.17) is 22.7 Å². The Kier molecular flexibility index (Phi) is 3.48. The lowest BCUT2D eigenvalue weighted by Crippen LogP contribution is -2.47. The van der Waals surface area contributed by atoms with Crippen molar-refractivity contribution < 1.29 is 0 Å². The summed E-state index contributed by atoms with van der Waals surface area (Å²) in [6, 6.07) is 9.48. The first-order valence-corrected chi connectivity index (χ1v) is 4.61. The van der Waals surface area contributed by atoms with E-state index < -0.39 is 5.54 Å². The molecule has 74 valence electrons. The first-order valence-electron chi connectivity index (χ1n) is 4.23. The van der Waals surface area contributed by atoms with Crippen LogP contribution in [0.15, 0.2) is 24.3 Å². The van der Waals surface area contributed by atoms with Crippen LogP contribution in [0.1, 0.15) is 12.5 Å². The lowest BCUT2D eigenvalue weighted by molar-refractivity contribution is 0.458. The summed E-state index contributed by atoms with van der Waals surface area (Å²) in [5, 5.41) is 9.57. The van der Waals surface area contributed by atoms with Crippen molar-refractivity contribution in [2.75, 3.05) is 0 Å². The first-order chi connectivity index (χ1) is 6.59. The van der Waals surface area contributed by atoms with Crippen LogP contribution in [0.25, 0.3) is 0 Å². The molecule has 0 saturated heterocycles. The first kappa shape index (κ1) is 11.0. The summed E-state index contributed by atoms with van der Waals surface area (Å²) in [5.74, 6) is 5.30. The van der Waals surface area contributed by atoms with Gasteiger partial charge in [0.05, 0.1) is 6.07 Å². The van der Waals surface area contributed by atoms with Gasteiger partial charge in [0.1, 0.15) is 5.54 Å². The maximum Gasteiger partial charge on any atom is 0.119 e. The Morgan fingerprint density at radius 2 is 2.07 bits per heavy atom. The highest BCUT2D eigenvalue weighted by atomic mass is 35.5. The van der Waals surface area contributed by atoms with E-state index >= 15 is 0 Å². The Balaban J connectivity index is 2.79. The van der Waals surface area contributed by atoms with Crippen molar-refractivity contribution in [1.29, 1.82) is 5.26 Å². The van der Waals surface area contributed by atoms with Gasteiger partial charge in [-0.3, -0.25) is 5.84 Å². The molecule has 0 aliphatic heterocycles. The quantitative estimate of drug-likeness (QED) is 0.588. The van der Waals surface area contributed by atoms with Gasteiger partial charge in [-0.2, -0.15) is 5.26 Å². The number of nitrogens with two attached hydrogens (primary N) is 1. The summed E-state index contributed by atoms with van der Waals surface area (Å²) in [7, 11) is 0. The number of rotatable bonds is 3. The predicted octanol–water partition coefficient (Wildman–Crippen LogP) is 1.63. The van der Waals surface area contributed by atoms with Crippen molar-refractivity contribution >= 4 is 11.6 Å². The molecule has 0 saturated carbocycles. The van der Waals surface area contributed by atoms with Crippen LogP contribution in [0.5, 0.6) is 0 Å². The number of benzene rings is 1. The van der Waals surface area contributed by atoms with Crippen LogP contribution in [0.3, 0.4) is 0 Å². The van der Waals surface area contributed by atoms with Gasteiger partial charge in [-0.15, -0.1) is 0 Å². The van der Waals surface area contributed by atoms with E-state index in [0.29, 0.717) is 11.4 Å². The minimum Gasteiger partial charge on any atom is -0.270 e. The van der Waals surface area contributed by atoms with E-state index in [1.807, 2.05) is 12.1 Å². The molecule has 1 atom stereocenters. The normalized spacial score (nSPS) is 14.4. The van der Waals surface area contributed by atoms with E-state index in [-0.39, 0.29) is 0 Å². The molecule has 0 radical (unpaired) electrons. The number of nitrogens with one attached hydrogen (secondary N) is 1. The van der Waals surface area contributed by atoms with Gasteiger partial charge in [0.2, 0.25) is 0 Å². The van der Waals surface area contributed by atoms with Gasteiger partial charge in [0.25, 0.3) is 0 Å². The Bertz CT molecular complexity index is 341. The zero-order chi connectivity index (χ0) is 10.6. The Labute approximate surface area is 88.4 Å². The Hall–Kier alpha value is -1.08. The molecule has 0 amide bonds. The number of nitrogens with zero attached hydrogens (tertiary/aromatic N) is 1. The van der Waals surface area contributed by atoms with Crippen molar-refractivity contribution in [1.82, 2.24) is 5.43 Å². The third-order valence-corrected chi connectivity index (χ3v) is 2.29. The zero-order valence-electron chi connectivity index (χ0n) is 7.92. The van der Waals surface area contributed by atoms with E-state index in [1.165, 1.54) is 0 Å². The van der Waals surface area contributed by atoms with E-state index in [1.54, 1.807) is 19.1 Å². The van der Waals surface area contributed by atoms with E-state index in [0.717, 1.165) is 5.56 Å². The average Bonchev–Trinajstić information content (AvgIpc) is 2.21. The van der Waals surface area contributed by atoms with Gasteiger partial charge < -0.3 is 0 Å². The number of hydrazine groups is 1. The predicted molar refractivity (Wildman–Crippen MR) is 56.5 cm³/mol. The highest BCUT2D eigenvalue weighted by Crippen LogP contribution is 2.14. The summed E-state index contributed by atoms with van der Waals surface area (Å²) in [6.45, 7) is 1.75. The summed E-state index contributed by atoms with van der Waals surface area (Å²) in [4.78, 5) is 0. The van der Waals surface area contributed by atoms with Gasteiger partial charge >= 0.3 is 0 Å². The molecule has 3 N–H and O–H groups in total. The van der Waals surface area contributed by atoms with Crippen molar-refractivity contribution in [3.05, 3.63) is 34.9 Å². The molecule has 1 aromatic carbocycles. The van der Waals surface area contributed by atoms with Crippen molar-refractivity contribution in [3.8, 4) is 6.07 Å². The van der Waals surface area contributed by atoms with Crippen LogP contribution in [0.2, 0.25) is 5.02 Å². The van der Waals surface area contributed by atoms with Crippen LogP contribution >= 0.6 is 11.6 Å². The number of halogens is 1. The monoisotopic (exact) mass is 209 g/mol. The van der Waals surface area contributed by atoms with Crippen molar-refractivity contribution in [2.45, 2.75) is 18.9 Å². The summed E-state index contributed by atoms with van der Waals surface area (Å²) >= 11 is 5.75. The maximum absolute atomic E-state index is 8.88. The molecule has 0 aliphatic carbocycles. The molecule has 1 unspecified atom stereocenters. The Morgan fingerprint density at radius 1 is 1.50 bits per heavy atom. The van der Waals surface area contributed by atoms with Gasteiger partial charge in [0, 0.05) is 11.4 Å². The molecule has 0 bridgehead atoms. The summed E-state index contributed by atoms with van der Waals surface area (Å²) in [6.07, 6.45) is 0.553. The van der Waals surface area contributed by atoms with Crippen LogP contribution in [0.4, 0.5) is 0 Å². The van der Waals surface area contributed by atoms with Gasteiger partial charge in [-0.25, -0.2) is 5.43 Å². The molecule has 14 heavy (non-hydrogen) atoms. The fourth-order valence-corrected chi connectivity index (χ4v) is 1.26. The highest BCUT2D eigenvalue weighted by molar-refractivity contribution is 6.30. The molecular formula is C10H12ClN3. The van der Waals surface area contributed by atoms with E-state index in [9.17, 15) is 0 Å². The SMILES string of the molecule is CC(C#N)(Cc1ccc(Cl)cc1)NN. The number of hydrogen-bond donors (Lipinski definition) is 2. The topological polar surface area (TPSA) is 61.8 Å². The lowest BCUT2D eigenvalue weighted by Gasteiger charge is -2.19. The maximum atomic E-state index is 8.88. The molecular weight excluding hydrogens is 198 g/mol. The fourth-order valence-electron chi connectivity index (χ4n) is 1.13. The average molecular weight is 210 g/mol. The third-order valence-electron chi connectivity index (χ3n) is 2.04. The second-order valence-electron chi connectivity index (χ2n) is 3.39. The molecule has 3 nitrogen and oxygen atoms in total. The smallest absolute Gasteiger partial charge is 0.119 e. The lowest BCUT2D eigenvalue weighted by atomic mass is 9.95. The van der Waals surface area contributed by atoms with E-state index in [2.05, 4.69) is 11.5 Å². The zero-order valence-corrected chi connectivity index (χ0v) is 8.67.